The molecule has 1 N–H and O–H groups in total. The molecular formula is C13H18ClNO. The van der Waals surface area contributed by atoms with Crippen molar-refractivity contribution in [3.8, 4) is 0 Å². The molecule has 1 saturated carbocycles. The number of halogens is 1. The molecule has 2 rings (SSSR count). The van der Waals surface area contributed by atoms with Crippen molar-refractivity contribution in [1.29, 1.82) is 0 Å². The molecule has 1 aliphatic carbocycles. The molecule has 0 bridgehead atoms. The number of anilines is 1. The van der Waals surface area contributed by atoms with Gasteiger partial charge in [0.15, 0.2) is 0 Å². The minimum Gasteiger partial charge on any atom is -0.392 e. The number of benzene rings is 1. The van der Waals surface area contributed by atoms with E-state index in [1.54, 1.807) is 0 Å². The van der Waals surface area contributed by atoms with Gasteiger partial charge in [-0.25, -0.2) is 0 Å². The second-order valence-electron chi connectivity index (χ2n) is 4.79. The summed E-state index contributed by atoms with van der Waals surface area (Å²) < 4.78 is 0. The third kappa shape index (κ3) is 2.50. The first kappa shape index (κ1) is 11.7. The highest BCUT2D eigenvalue weighted by Crippen LogP contribution is 2.38. The van der Waals surface area contributed by atoms with E-state index >= 15 is 0 Å². The van der Waals surface area contributed by atoms with Crippen LogP contribution in [0, 0.1) is 11.8 Å². The molecule has 2 atom stereocenters. The van der Waals surface area contributed by atoms with Gasteiger partial charge >= 0.3 is 0 Å². The van der Waals surface area contributed by atoms with Crippen molar-refractivity contribution in [3.05, 3.63) is 28.8 Å². The largest absolute Gasteiger partial charge is 0.392 e. The van der Waals surface area contributed by atoms with E-state index in [0.717, 1.165) is 29.6 Å². The van der Waals surface area contributed by atoms with Gasteiger partial charge in [-0.3, -0.25) is 0 Å². The molecule has 2 unspecified atom stereocenters. The smallest absolute Gasteiger partial charge is 0.0696 e. The molecule has 0 radical (unpaired) electrons. The predicted molar refractivity (Wildman–Crippen MR) is 67.9 cm³/mol. The molecule has 0 saturated heterocycles. The van der Waals surface area contributed by atoms with Gasteiger partial charge in [-0.1, -0.05) is 24.6 Å². The standard InChI is InChI=1S/C13H18ClNO/c1-9-5-11(9)7-15(2)12-4-3-10(8-16)13(14)6-12/h3-4,6,9,11,16H,5,7-8H2,1-2H3. The lowest BCUT2D eigenvalue weighted by Gasteiger charge is -2.20. The maximum Gasteiger partial charge on any atom is 0.0696 e. The van der Waals surface area contributed by atoms with Gasteiger partial charge < -0.3 is 10.0 Å². The number of hydrogen-bond donors (Lipinski definition) is 1. The molecule has 0 aliphatic heterocycles. The molecule has 1 fully saturated rings. The summed E-state index contributed by atoms with van der Waals surface area (Å²) in [6.45, 7) is 3.39. The lowest BCUT2D eigenvalue weighted by atomic mass is 10.2. The van der Waals surface area contributed by atoms with Gasteiger partial charge in [0.2, 0.25) is 0 Å². The molecule has 1 aromatic carbocycles. The Morgan fingerprint density at radius 1 is 1.50 bits per heavy atom. The van der Waals surface area contributed by atoms with Gasteiger partial charge in [0.25, 0.3) is 0 Å². The number of rotatable bonds is 4. The second-order valence-corrected chi connectivity index (χ2v) is 5.19. The van der Waals surface area contributed by atoms with Gasteiger partial charge in [-0.05, 0) is 36.0 Å². The highest BCUT2D eigenvalue weighted by atomic mass is 35.5. The molecule has 0 aromatic heterocycles. The fraction of sp³-hybridized carbons (Fsp3) is 0.538. The summed E-state index contributed by atoms with van der Waals surface area (Å²) in [5.41, 5.74) is 1.92. The minimum atomic E-state index is 0.00247. The summed E-state index contributed by atoms with van der Waals surface area (Å²) in [7, 11) is 2.09. The molecule has 3 heteroatoms. The van der Waals surface area contributed by atoms with Gasteiger partial charge in [-0.15, -0.1) is 0 Å². The topological polar surface area (TPSA) is 23.5 Å². The van der Waals surface area contributed by atoms with Crippen LogP contribution in [0.5, 0.6) is 0 Å². The van der Waals surface area contributed by atoms with Gasteiger partial charge in [-0.2, -0.15) is 0 Å². The maximum absolute atomic E-state index is 9.04. The van der Waals surface area contributed by atoms with Crippen LogP contribution < -0.4 is 4.90 Å². The Kier molecular flexibility index (Phi) is 3.41. The molecule has 1 aromatic rings. The summed E-state index contributed by atoms with van der Waals surface area (Å²) in [5.74, 6) is 1.70. The van der Waals surface area contributed by atoms with Gasteiger partial charge in [0.05, 0.1) is 6.61 Å². The maximum atomic E-state index is 9.04. The summed E-state index contributed by atoms with van der Waals surface area (Å²) in [6, 6.07) is 5.84. The lowest BCUT2D eigenvalue weighted by molar-refractivity contribution is 0.282. The van der Waals surface area contributed by atoms with E-state index in [1.807, 2.05) is 18.2 Å². The Morgan fingerprint density at radius 2 is 2.19 bits per heavy atom. The fourth-order valence-electron chi connectivity index (χ4n) is 2.01. The van der Waals surface area contributed by atoms with E-state index in [2.05, 4.69) is 18.9 Å². The van der Waals surface area contributed by atoms with Crippen molar-refractivity contribution >= 4 is 17.3 Å². The molecular weight excluding hydrogens is 222 g/mol. The Labute approximate surface area is 102 Å². The second kappa shape index (κ2) is 4.64. The normalized spacial score (nSPS) is 23.2. The van der Waals surface area contributed by atoms with Crippen LogP contribution in [0.1, 0.15) is 18.9 Å². The highest BCUT2D eigenvalue weighted by Gasteiger charge is 2.33. The van der Waals surface area contributed by atoms with Gasteiger partial charge in [0.1, 0.15) is 0 Å². The van der Waals surface area contributed by atoms with Crippen LogP contribution >= 0.6 is 11.6 Å². The van der Waals surface area contributed by atoms with Crippen LogP contribution in [-0.2, 0) is 6.61 Å². The van der Waals surface area contributed by atoms with Crippen LogP contribution in [0.2, 0.25) is 5.02 Å². The van der Waals surface area contributed by atoms with E-state index in [-0.39, 0.29) is 6.61 Å². The summed E-state index contributed by atoms with van der Waals surface area (Å²) in [4.78, 5) is 2.24. The van der Waals surface area contributed by atoms with Gasteiger partial charge in [0, 0.05) is 24.3 Å². The fourth-order valence-corrected chi connectivity index (χ4v) is 2.25. The van der Waals surface area contributed by atoms with Crippen molar-refractivity contribution in [1.82, 2.24) is 0 Å². The predicted octanol–water partition coefficient (Wildman–Crippen LogP) is 2.92. The zero-order chi connectivity index (χ0) is 11.7. The number of aliphatic hydroxyl groups excluding tert-OH is 1. The van der Waals surface area contributed by atoms with Crippen LogP contribution in [0.4, 0.5) is 5.69 Å². The monoisotopic (exact) mass is 239 g/mol. The number of hydrogen-bond acceptors (Lipinski definition) is 2. The van der Waals surface area contributed by atoms with Crippen molar-refractivity contribution in [2.75, 3.05) is 18.5 Å². The molecule has 88 valence electrons. The average molecular weight is 240 g/mol. The third-order valence-corrected chi connectivity index (χ3v) is 3.78. The highest BCUT2D eigenvalue weighted by molar-refractivity contribution is 6.31. The van der Waals surface area contributed by atoms with Crippen molar-refractivity contribution in [2.45, 2.75) is 20.0 Å². The molecule has 1 aliphatic rings. The van der Waals surface area contributed by atoms with Crippen LogP contribution in [0.3, 0.4) is 0 Å². The molecule has 0 amide bonds. The van der Waals surface area contributed by atoms with E-state index in [9.17, 15) is 0 Å². The van der Waals surface area contributed by atoms with E-state index < -0.39 is 0 Å². The van der Waals surface area contributed by atoms with Crippen molar-refractivity contribution < 1.29 is 5.11 Å². The van der Waals surface area contributed by atoms with Crippen LogP contribution in [0.25, 0.3) is 0 Å². The molecule has 0 heterocycles. The quantitative estimate of drug-likeness (QED) is 0.874. The van der Waals surface area contributed by atoms with Crippen LogP contribution in [-0.4, -0.2) is 18.7 Å². The minimum absolute atomic E-state index is 0.00247. The Morgan fingerprint density at radius 3 is 2.69 bits per heavy atom. The zero-order valence-electron chi connectivity index (χ0n) is 9.78. The number of aliphatic hydroxyl groups is 1. The van der Waals surface area contributed by atoms with Crippen molar-refractivity contribution in [2.24, 2.45) is 11.8 Å². The Hall–Kier alpha value is -0.730. The SMILES string of the molecule is CC1CC1CN(C)c1ccc(CO)c(Cl)c1. The third-order valence-electron chi connectivity index (χ3n) is 3.43. The first-order chi connectivity index (χ1) is 7.61. The molecule has 0 spiro atoms. The number of nitrogens with zero attached hydrogens (tertiary/aromatic N) is 1. The Bertz CT molecular complexity index is 380. The van der Waals surface area contributed by atoms with E-state index in [0.29, 0.717) is 5.02 Å². The summed E-state index contributed by atoms with van der Waals surface area (Å²) >= 11 is 6.07. The summed E-state index contributed by atoms with van der Waals surface area (Å²) in [6.07, 6.45) is 1.34. The van der Waals surface area contributed by atoms with Crippen LogP contribution in [0.15, 0.2) is 18.2 Å². The first-order valence-electron chi connectivity index (χ1n) is 5.72. The summed E-state index contributed by atoms with van der Waals surface area (Å²) in [5, 5.41) is 9.69. The Balaban J connectivity index is 2.05. The first-order valence-corrected chi connectivity index (χ1v) is 6.10. The zero-order valence-corrected chi connectivity index (χ0v) is 10.5. The van der Waals surface area contributed by atoms with E-state index in [4.69, 9.17) is 16.7 Å². The van der Waals surface area contributed by atoms with Crippen molar-refractivity contribution in [3.63, 3.8) is 0 Å². The lowest BCUT2D eigenvalue weighted by Crippen LogP contribution is -2.20. The van der Waals surface area contributed by atoms with E-state index in [1.165, 1.54) is 6.42 Å². The average Bonchev–Trinajstić information content (AvgIpc) is 2.94. The molecule has 16 heavy (non-hydrogen) atoms. The molecule has 2 nitrogen and oxygen atoms in total.